The molecule has 1 aliphatic heterocycles. The summed E-state index contributed by atoms with van der Waals surface area (Å²) in [4.78, 5) is 25.4. The fourth-order valence-electron chi connectivity index (χ4n) is 3.69. The number of carboxylic acid groups (broad SMARTS) is 1. The molecule has 3 unspecified atom stereocenters. The second-order valence-corrected chi connectivity index (χ2v) is 7.75. The highest BCUT2D eigenvalue weighted by Crippen LogP contribution is 2.49. The minimum absolute atomic E-state index is 0.0118. The van der Waals surface area contributed by atoms with Gasteiger partial charge in [0.2, 0.25) is 5.91 Å². The van der Waals surface area contributed by atoms with Crippen molar-refractivity contribution in [3.8, 4) is 0 Å². The summed E-state index contributed by atoms with van der Waals surface area (Å²) in [6, 6.07) is 5.47. The molecule has 3 atom stereocenters. The Morgan fingerprint density at radius 1 is 1.21 bits per heavy atom. The van der Waals surface area contributed by atoms with Crippen molar-refractivity contribution in [3.05, 3.63) is 33.8 Å². The Balaban J connectivity index is 1.58. The Labute approximate surface area is 151 Å². The Morgan fingerprint density at radius 3 is 2.58 bits per heavy atom. The first-order valence-corrected chi connectivity index (χ1v) is 9.16. The molecule has 6 heteroatoms. The van der Waals surface area contributed by atoms with Gasteiger partial charge in [0.25, 0.3) is 0 Å². The molecule has 0 bridgehead atoms. The van der Waals surface area contributed by atoms with Crippen molar-refractivity contribution in [2.45, 2.75) is 38.0 Å². The van der Waals surface area contributed by atoms with Gasteiger partial charge in [-0.05, 0) is 61.3 Å². The van der Waals surface area contributed by atoms with Gasteiger partial charge in [-0.2, -0.15) is 0 Å². The summed E-state index contributed by atoms with van der Waals surface area (Å²) in [5.41, 5.74) is 1.03. The van der Waals surface area contributed by atoms with Gasteiger partial charge in [0.05, 0.1) is 0 Å². The van der Waals surface area contributed by atoms with Gasteiger partial charge in [-0.15, -0.1) is 0 Å². The van der Waals surface area contributed by atoms with E-state index in [1.165, 1.54) is 0 Å². The zero-order valence-corrected chi connectivity index (χ0v) is 14.9. The fraction of sp³-hybridized carbons (Fsp3) is 0.556. The first kappa shape index (κ1) is 17.6. The van der Waals surface area contributed by atoms with Crippen molar-refractivity contribution in [1.29, 1.82) is 0 Å². The van der Waals surface area contributed by atoms with Crippen LogP contribution in [0.15, 0.2) is 18.2 Å². The highest BCUT2D eigenvalue weighted by molar-refractivity contribution is 6.34. The lowest BCUT2D eigenvalue weighted by Gasteiger charge is -2.33. The quantitative estimate of drug-likeness (QED) is 0.845. The Morgan fingerprint density at radius 2 is 1.92 bits per heavy atom. The van der Waals surface area contributed by atoms with Crippen LogP contribution >= 0.6 is 23.2 Å². The number of nitrogens with zero attached hydrogens (tertiary/aromatic N) is 1. The van der Waals surface area contributed by atoms with E-state index in [1.807, 2.05) is 17.0 Å². The second-order valence-electron chi connectivity index (χ2n) is 6.88. The molecule has 0 spiro atoms. The number of halogens is 2. The topological polar surface area (TPSA) is 57.6 Å². The van der Waals surface area contributed by atoms with Crippen LogP contribution in [-0.2, 0) is 9.59 Å². The minimum atomic E-state index is -0.765. The van der Waals surface area contributed by atoms with Gasteiger partial charge in [-0.3, -0.25) is 9.59 Å². The molecule has 24 heavy (non-hydrogen) atoms. The van der Waals surface area contributed by atoms with Crippen LogP contribution in [-0.4, -0.2) is 35.0 Å². The number of hydrogen-bond donors (Lipinski definition) is 1. The van der Waals surface area contributed by atoms with Gasteiger partial charge in [-0.25, -0.2) is 0 Å². The SMILES string of the molecule is O=C(O)CCC1CCCN(C(=O)C2CC2c2cc(Cl)cc(Cl)c2)C1. The predicted molar refractivity (Wildman–Crippen MR) is 93.5 cm³/mol. The number of hydrogen-bond acceptors (Lipinski definition) is 2. The second kappa shape index (κ2) is 7.32. The standard InChI is InChI=1S/C18H21Cl2NO3/c19-13-6-12(7-14(20)8-13)15-9-16(15)18(24)21-5-1-2-11(10-21)3-4-17(22)23/h6-8,11,15-16H,1-5,9-10H2,(H,22,23). The number of carbonyl (C=O) groups excluding carboxylic acids is 1. The summed E-state index contributed by atoms with van der Waals surface area (Å²) >= 11 is 12.1. The molecule has 0 radical (unpaired) electrons. The molecule has 3 rings (SSSR count). The van der Waals surface area contributed by atoms with E-state index >= 15 is 0 Å². The summed E-state index contributed by atoms with van der Waals surface area (Å²) in [6.45, 7) is 1.47. The van der Waals surface area contributed by atoms with E-state index in [-0.39, 0.29) is 24.2 Å². The number of carboxylic acids is 1. The average Bonchev–Trinajstić information content (AvgIpc) is 3.32. The number of piperidine rings is 1. The van der Waals surface area contributed by atoms with Gasteiger partial charge in [0, 0.05) is 35.5 Å². The average molecular weight is 370 g/mol. The molecule has 1 amide bonds. The summed E-state index contributed by atoms with van der Waals surface area (Å²) in [6.07, 6.45) is 3.63. The zero-order valence-electron chi connectivity index (χ0n) is 13.4. The van der Waals surface area contributed by atoms with Crippen molar-refractivity contribution < 1.29 is 14.7 Å². The molecule has 1 heterocycles. The molecule has 1 aromatic carbocycles. The Hall–Kier alpha value is -1.26. The van der Waals surface area contributed by atoms with E-state index in [1.54, 1.807) is 6.07 Å². The van der Waals surface area contributed by atoms with Crippen LogP contribution in [0, 0.1) is 11.8 Å². The molecule has 0 aromatic heterocycles. The van der Waals surface area contributed by atoms with Crippen molar-refractivity contribution in [2.75, 3.05) is 13.1 Å². The molecular formula is C18H21Cl2NO3. The van der Waals surface area contributed by atoms with E-state index in [2.05, 4.69) is 0 Å². The summed E-state index contributed by atoms with van der Waals surface area (Å²) in [5.74, 6) is -0.0582. The number of amides is 1. The van der Waals surface area contributed by atoms with E-state index in [0.29, 0.717) is 28.9 Å². The van der Waals surface area contributed by atoms with Crippen LogP contribution in [0.3, 0.4) is 0 Å². The predicted octanol–water partition coefficient (Wildman–Crippen LogP) is 4.20. The third-order valence-electron chi connectivity index (χ3n) is 5.02. The van der Waals surface area contributed by atoms with Gasteiger partial charge in [-0.1, -0.05) is 23.2 Å². The third kappa shape index (κ3) is 4.22. The highest BCUT2D eigenvalue weighted by atomic mass is 35.5. The molecule has 4 nitrogen and oxygen atoms in total. The van der Waals surface area contributed by atoms with E-state index in [9.17, 15) is 9.59 Å². The maximum Gasteiger partial charge on any atom is 0.303 e. The number of rotatable bonds is 5. The van der Waals surface area contributed by atoms with Crippen LogP contribution < -0.4 is 0 Å². The fourth-order valence-corrected chi connectivity index (χ4v) is 4.23. The lowest BCUT2D eigenvalue weighted by Crippen LogP contribution is -2.41. The molecule has 1 saturated carbocycles. The largest absolute Gasteiger partial charge is 0.481 e. The van der Waals surface area contributed by atoms with Crippen LogP contribution in [0.25, 0.3) is 0 Å². The van der Waals surface area contributed by atoms with Crippen LogP contribution in [0.5, 0.6) is 0 Å². The smallest absolute Gasteiger partial charge is 0.303 e. The Bertz CT molecular complexity index is 629. The van der Waals surface area contributed by atoms with Gasteiger partial charge < -0.3 is 10.0 Å². The van der Waals surface area contributed by atoms with Crippen molar-refractivity contribution in [2.24, 2.45) is 11.8 Å². The third-order valence-corrected chi connectivity index (χ3v) is 5.45. The number of likely N-dealkylation sites (tertiary alicyclic amines) is 1. The van der Waals surface area contributed by atoms with Crippen molar-refractivity contribution in [1.82, 2.24) is 4.90 Å². The lowest BCUT2D eigenvalue weighted by atomic mass is 9.93. The van der Waals surface area contributed by atoms with E-state index in [0.717, 1.165) is 31.4 Å². The minimum Gasteiger partial charge on any atom is -0.481 e. The van der Waals surface area contributed by atoms with Crippen LogP contribution in [0.2, 0.25) is 10.0 Å². The van der Waals surface area contributed by atoms with Gasteiger partial charge in [0.15, 0.2) is 0 Å². The molecule has 2 aliphatic rings. The first-order valence-electron chi connectivity index (χ1n) is 8.40. The lowest BCUT2D eigenvalue weighted by molar-refractivity contribution is -0.137. The van der Waals surface area contributed by atoms with Crippen molar-refractivity contribution in [3.63, 3.8) is 0 Å². The maximum absolute atomic E-state index is 12.7. The molecule has 1 aliphatic carbocycles. The van der Waals surface area contributed by atoms with Gasteiger partial charge in [0.1, 0.15) is 0 Å². The zero-order chi connectivity index (χ0) is 17.3. The van der Waals surface area contributed by atoms with Crippen molar-refractivity contribution >= 4 is 35.1 Å². The number of benzene rings is 1. The molecular weight excluding hydrogens is 349 g/mol. The van der Waals surface area contributed by atoms with E-state index < -0.39 is 5.97 Å². The molecule has 2 fully saturated rings. The number of aliphatic carboxylic acids is 1. The molecule has 1 N–H and O–H groups in total. The van der Waals surface area contributed by atoms with E-state index in [4.69, 9.17) is 28.3 Å². The molecule has 1 aromatic rings. The summed E-state index contributed by atoms with van der Waals surface area (Å²) in [7, 11) is 0. The first-order chi connectivity index (χ1) is 11.4. The van der Waals surface area contributed by atoms with Crippen LogP contribution in [0.1, 0.15) is 43.6 Å². The Kier molecular flexibility index (Phi) is 5.36. The molecule has 1 saturated heterocycles. The normalized spacial score (nSPS) is 26.2. The van der Waals surface area contributed by atoms with Crippen LogP contribution in [0.4, 0.5) is 0 Å². The van der Waals surface area contributed by atoms with Gasteiger partial charge >= 0.3 is 5.97 Å². The number of carbonyl (C=O) groups is 2. The molecule has 130 valence electrons. The summed E-state index contributed by atoms with van der Waals surface area (Å²) in [5, 5.41) is 10.0. The summed E-state index contributed by atoms with van der Waals surface area (Å²) < 4.78 is 0. The maximum atomic E-state index is 12.7. The highest BCUT2D eigenvalue weighted by Gasteiger charge is 2.46. The monoisotopic (exact) mass is 369 g/mol.